The number of phenols is 1. The van der Waals surface area contributed by atoms with Gasteiger partial charge in [0.15, 0.2) is 0 Å². The van der Waals surface area contributed by atoms with E-state index < -0.39 is 0 Å². The molecule has 158 valence electrons. The van der Waals surface area contributed by atoms with Gasteiger partial charge in [-0.15, -0.1) is 0 Å². The zero-order valence-electron chi connectivity index (χ0n) is 17.3. The van der Waals surface area contributed by atoms with Crippen LogP contribution in [0.25, 0.3) is 0 Å². The predicted octanol–water partition coefficient (Wildman–Crippen LogP) is 4.47. The molecule has 0 radical (unpaired) electrons. The number of rotatable bonds is 5. The van der Waals surface area contributed by atoms with Gasteiger partial charge >= 0.3 is 0 Å². The highest BCUT2D eigenvalue weighted by molar-refractivity contribution is 5.98. The van der Waals surface area contributed by atoms with Crippen LogP contribution in [0.5, 0.6) is 5.75 Å². The number of carbonyl (C=O) groups is 2. The highest BCUT2D eigenvalue weighted by Gasteiger charge is 2.30. The van der Waals surface area contributed by atoms with E-state index in [0.717, 1.165) is 29.7 Å². The minimum Gasteiger partial charge on any atom is -0.507 e. The summed E-state index contributed by atoms with van der Waals surface area (Å²) >= 11 is 0. The molecule has 1 aliphatic heterocycles. The quantitative estimate of drug-likeness (QED) is 0.647. The fourth-order valence-electron chi connectivity index (χ4n) is 4.01. The average molecular weight is 415 g/mol. The lowest BCUT2D eigenvalue weighted by Crippen LogP contribution is -2.43. The van der Waals surface area contributed by atoms with Crippen molar-refractivity contribution in [2.75, 3.05) is 18.4 Å². The minimum absolute atomic E-state index is 0.0299. The molecule has 1 atom stereocenters. The lowest BCUT2D eigenvalue weighted by molar-refractivity contribution is -0.121. The van der Waals surface area contributed by atoms with E-state index in [1.54, 1.807) is 17.0 Å². The summed E-state index contributed by atoms with van der Waals surface area (Å²) < 4.78 is 0. The molecule has 5 heteroatoms. The van der Waals surface area contributed by atoms with E-state index in [9.17, 15) is 14.7 Å². The molecule has 0 aliphatic carbocycles. The van der Waals surface area contributed by atoms with E-state index in [0.29, 0.717) is 19.5 Å². The Hall–Kier alpha value is -3.60. The molecular weight excluding hydrogens is 388 g/mol. The number of hydrogen-bond acceptors (Lipinski definition) is 3. The van der Waals surface area contributed by atoms with Crippen molar-refractivity contribution in [1.29, 1.82) is 0 Å². The fraction of sp³-hybridized carbons (Fsp3) is 0.231. The summed E-state index contributed by atoms with van der Waals surface area (Å²) in [5, 5.41) is 13.3. The summed E-state index contributed by atoms with van der Waals surface area (Å²) in [4.78, 5) is 27.6. The Balaban J connectivity index is 1.46. The van der Waals surface area contributed by atoms with Crippen LogP contribution in [0.15, 0.2) is 78.9 Å². The smallest absolute Gasteiger partial charge is 0.257 e. The summed E-state index contributed by atoms with van der Waals surface area (Å²) in [6.45, 7) is 0.927. The molecule has 0 aromatic heterocycles. The number of aromatic hydroxyl groups is 1. The van der Waals surface area contributed by atoms with Gasteiger partial charge in [-0.25, -0.2) is 0 Å². The monoisotopic (exact) mass is 414 g/mol. The molecule has 4 rings (SSSR count). The largest absolute Gasteiger partial charge is 0.507 e. The molecule has 1 heterocycles. The summed E-state index contributed by atoms with van der Waals surface area (Å²) in [5.41, 5.74) is 3.14. The molecule has 3 aromatic rings. The first kappa shape index (κ1) is 20.7. The van der Waals surface area contributed by atoms with Crippen molar-refractivity contribution in [2.45, 2.75) is 19.3 Å². The van der Waals surface area contributed by atoms with Gasteiger partial charge < -0.3 is 15.3 Å². The first-order valence-electron chi connectivity index (χ1n) is 10.6. The standard InChI is InChI=1S/C26H26N2O3/c29-24-14-13-20(16-19-8-3-1-4-9-19)17-23(24)26(31)28-15-7-10-21(18-28)25(30)27-22-11-5-2-6-12-22/h1-6,8-9,11-14,17,21,29H,7,10,15-16,18H2,(H,27,30). The molecule has 2 amide bonds. The highest BCUT2D eigenvalue weighted by Crippen LogP contribution is 2.25. The lowest BCUT2D eigenvalue weighted by Gasteiger charge is -2.32. The Kier molecular flexibility index (Phi) is 6.32. The maximum absolute atomic E-state index is 13.2. The third-order valence-corrected chi connectivity index (χ3v) is 5.66. The SMILES string of the molecule is O=C(Nc1ccccc1)C1CCCN(C(=O)c2cc(Cc3ccccc3)ccc2O)C1. The molecule has 0 bridgehead atoms. The van der Waals surface area contributed by atoms with E-state index in [2.05, 4.69) is 5.32 Å². The van der Waals surface area contributed by atoms with Crippen LogP contribution in [0.4, 0.5) is 5.69 Å². The number of anilines is 1. The molecule has 1 saturated heterocycles. The predicted molar refractivity (Wildman–Crippen MR) is 121 cm³/mol. The first-order valence-corrected chi connectivity index (χ1v) is 10.6. The Bertz CT molecular complexity index is 1050. The van der Waals surface area contributed by atoms with Gasteiger partial charge in [-0.1, -0.05) is 54.6 Å². The molecule has 0 saturated carbocycles. The number of amides is 2. The normalized spacial score (nSPS) is 16.0. The number of phenolic OH excluding ortho intramolecular Hbond substituents is 1. The van der Waals surface area contributed by atoms with Crippen LogP contribution < -0.4 is 5.32 Å². The van der Waals surface area contributed by atoms with Crippen molar-refractivity contribution in [3.05, 3.63) is 95.6 Å². The number of para-hydroxylation sites is 1. The molecule has 1 fully saturated rings. The molecule has 31 heavy (non-hydrogen) atoms. The number of hydrogen-bond donors (Lipinski definition) is 2. The van der Waals surface area contributed by atoms with Crippen molar-refractivity contribution in [1.82, 2.24) is 4.90 Å². The molecule has 5 nitrogen and oxygen atoms in total. The van der Waals surface area contributed by atoms with Crippen LogP contribution >= 0.6 is 0 Å². The van der Waals surface area contributed by atoms with Gasteiger partial charge in [0.1, 0.15) is 5.75 Å². The summed E-state index contributed by atoms with van der Waals surface area (Å²) in [7, 11) is 0. The Labute approximate surface area is 182 Å². The minimum atomic E-state index is -0.271. The van der Waals surface area contributed by atoms with Crippen molar-refractivity contribution in [2.24, 2.45) is 5.92 Å². The molecule has 1 unspecified atom stereocenters. The topological polar surface area (TPSA) is 69.6 Å². The zero-order chi connectivity index (χ0) is 21.6. The van der Waals surface area contributed by atoms with Crippen LogP contribution in [0, 0.1) is 5.92 Å². The van der Waals surface area contributed by atoms with Gasteiger partial charge in [-0.05, 0) is 54.7 Å². The average Bonchev–Trinajstić information content (AvgIpc) is 2.81. The van der Waals surface area contributed by atoms with Crippen molar-refractivity contribution < 1.29 is 14.7 Å². The van der Waals surface area contributed by atoms with E-state index in [-0.39, 0.29) is 29.0 Å². The third kappa shape index (κ3) is 5.12. The van der Waals surface area contributed by atoms with Gasteiger partial charge in [0.2, 0.25) is 5.91 Å². The maximum Gasteiger partial charge on any atom is 0.257 e. The van der Waals surface area contributed by atoms with Gasteiger partial charge in [-0.2, -0.15) is 0 Å². The van der Waals surface area contributed by atoms with Crippen LogP contribution in [-0.4, -0.2) is 34.9 Å². The van der Waals surface area contributed by atoms with Crippen LogP contribution in [0.1, 0.15) is 34.3 Å². The van der Waals surface area contributed by atoms with E-state index >= 15 is 0 Å². The molecular formula is C26H26N2O3. The number of benzene rings is 3. The Morgan fingerprint density at radius 2 is 1.65 bits per heavy atom. The second-order valence-corrected chi connectivity index (χ2v) is 7.96. The molecule has 2 N–H and O–H groups in total. The fourth-order valence-corrected chi connectivity index (χ4v) is 4.01. The number of carbonyl (C=O) groups excluding carboxylic acids is 2. The van der Waals surface area contributed by atoms with Crippen LogP contribution in [0.3, 0.4) is 0 Å². The van der Waals surface area contributed by atoms with E-state index in [1.165, 1.54) is 0 Å². The second kappa shape index (κ2) is 9.47. The molecule has 0 spiro atoms. The summed E-state index contributed by atoms with van der Waals surface area (Å²) in [6.07, 6.45) is 2.18. The van der Waals surface area contributed by atoms with Crippen LogP contribution in [0.2, 0.25) is 0 Å². The van der Waals surface area contributed by atoms with Crippen LogP contribution in [-0.2, 0) is 11.2 Å². The zero-order valence-corrected chi connectivity index (χ0v) is 17.3. The van der Waals surface area contributed by atoms with Gasteiger partial charge in [0.05, 0.1) is 11.5 Å². The van der Waals surface area contributed by atoms with Gasteiger partial charge in [0, 0.05) is 18.8 Å². The number of nitrogens with one attached hydrogen (secondary N) is 1. The third-order valence-electron chi connectivity index (χ3n) is 5.66. The van der Waals surface area contributed by atoms with Crippen molar-refractivity contribution >= 4 is 17.5 Å². The van der Waals surface area contributed by atoms with Gasteiger partial charge in [-0.3, -0.25) is 9.59 Å². The molecule has 3 aromatic carbocycles. The summed E-state index contributed by atoms with van der Waals surface area (Å²) in [6, 6.07) is 24.5. The first-order chi connectivity index (χ1) is 15.1. The van der Waals surface area contributed by atoms with E-state index in [1.807, 2.05) is 66.7 Å². The van der Waals surface area contributed by atoms with Crippen molar-refractivity contribution in [3.63, 3.8) is 0 Å². The number of piperidine rings is 1. The van der Waals surface area contributed by atoms with Crippen molar-refractivity contribution in [3.8, 4) is 5.75 Å². The number of likely N-dealkylation sites (tertiary alicyclic amines) is 1. The van der Waals surface area contributed by atoms with E-state index in [4.69, 9.17) is 0 Å². The second-order valence-electron chi connectivity index (χ2n) is 7.96. The highest BCUT2D eigenvalue weighted by atomic mass is 16.3. The maximum atomic E-state index is 13.2. The molecule has 1 aliphatic rings. The van der Waals surface area contributed by atoms with Gasteiger partial charge in [0.25, 0.3) is 5.91 Å². The lowest BCUT2D eigenvalue weighted by atomic mass is 9.95. The number of nitrogens with zero attached hydrogens (tertiary/aromatic N) is 1. The summed E-state index contributed by atoms with van der Waals surface area (Å²) in [5.74, 6) is -0.611. The Morgan fingerprint density at radius 3 is 2.39 bits per heavy atom. The Morgan fingerprint density at radius 1 is 0.935 bits per heavy atom.